The van der Waals surface area contributed by atoms with Gasteiger partial charge in [-0.15, -0.1) is 0 Å². The summed E-state index contributed by atoms with van der Waals surface area (Å²) in [5, 5.41) is 2.94. The lowest BCUT2D eigenvalue weighted by Gasteiger charge is -2.11. The Labute approximate surface area is 209 Å². The second-order valence-corrected chi connectivity index (χ2v) is 9.08. The van der Waals surface area contributed by atoms with Crippen LogP contribution in [0.3, 0.4) is 0 Å². The maximum absolute atomic E-state index is 13.4. The van der Waals surface area contributed by atoms with Crippen LogP contribution in [0.5, 0.6) is 0 Å². The number of carbonyl (C=O) groups excluding carboxylic acids is 1. The molecule has 0 saturated heterocycles. The van der Waals surface area contributed by atoms with Crippen molar-refractivity contribution in [3.05, 3.63) is 130 Å². The van der Waals surface area contributed by atoms with Gasteiger partial charge in [0.25, 0.3) is 5.91 Å². The molecule has 0 saturated carbocycles. The number of benzene rings is 3. The van der Waals surface area contributed by atoms with Crippen LogP contribution in [-0.4, -0.2) is 20.4 Å². The molecular weight excluding hydrogens is 451 g/mol. The number of hydrogen-bond donors (Lipinski definition) is 1. The molecule has 2 aromatic heterocycles. The molecule has 0 fully saturated rings. The number of rotatable bonds is 7. The van der Waals surface area contributed by atoms with Crippen molar-refractivity contribution in [2.45, 2.75) is 33.4 Å². The molecule has 6 heteroatoms. The first-order chi connectivity index (χ1) is 17.5. The Kier molecular flexibility index (Phi) is 6.58. The molecule has 0 unspecified atom stereocenters. The van der Waals surface area contributed by atoms with E-state index in [0.717, 1.165) is 33.5 Å². The van der Waals surface area contributed by atoms with Crippen molar-refractivity contribution >= 4 is 16.9 Å². The van der Waals surface area contributed by atoms with Gasteiger partial charge in [-0.2, -0.15) is 0 Å². The highest BCUT2D eigenvalue weighted by Gasteiger charge is 2.14. The van der Waals surface area contributed by atoms with Crippen LogP contribution in [0.1, 0.15) is 44.0 Å². The third-order valence-electron chi connectivity index (χ3n) is 6.45. The van der Waals surface area contributed by atoms with E-state index in [0.29, 0.717) is 25.1 Å². The van der Waals surface area contributed by atoms with Gasteiger partial charge in [-0.3, -0.25) is 9.78 Å². The number of pyridine rings is 1. The Bertz CT molecular complexity index is 1510. The van der Waals surface area contributed by atoms with Gasteiger partial charge in [-0.25, -0.2) is 9.37 Å². The second kappa shape index (κ2) is 10.1. The number of halogens is 1. The van der Waals surface area contributed by atoms with Crippen molar-refractivity contribution in [3.63, 3.8) is 0 Å². The normalized spacial score (nSPS) is 11.1. The van der Waals surface area contributed by atoms with E-state index < -0.39 is 0 Å². The molecule has 5 aromatic rings. The molecule has 2 heterocycles. The van der Waals surface area contributed by atoms with Gasteiger partial charge in [0.2, 0.25) is 0 Å². The second-order valence-electron chi connectivity index (χ2n) is 9.08. The van der Waals surface area contributed by atoms with Crippen molar-refractivity contribution in [1.29, 1.82) is 0 Å². The molecule has 0 spiro atoms. The van der Waals surface area contributed by atoms with Gasteiger partial charge >= 0.3 is 0 Å². The van der Waals surface area contributed by atoms with E-state index in [1.807, 2.05) is 36.4 Å². The highest BCUT2D eigenvalue weighted by Crippen LogP contribution is 2.24. The van der Waals surface area contributed by atoms with E-state index in [1.165, 1.54) is 23.3 Å². The smallest absolute Gasteiger partial charge is 0.251 e. The van der Waals surface area contributed by atoms with Gasteiger partial charge in [0, 0.05) is 37.5 Å². The van der Waals surface area contributed by atoms with E-state index in [9.17, 15) is 9.18 Å². The molecule has 3 aromatic carbocycles. The molecule has 0 atom stereocenters. The highest BCUT2D eigenvalue weighted by molar-refractivity contribution is 5.94. The average Bonchev–Trinajstić information content (AvgIpc) is 3.20. The van der Waals surface area contributed by atoms with Crippen LogP contribution in [0.4, 0.5) is 4.39 Å². The molecule has 0 aliphatic carbocycles. The van der Waals surface area contributed by atoms with Crippen LogP contribution in [-0.2, 0) is 19.5 Å². The topological polar surface area (TPSA) is 59.8 Å². The van der Waals surface area contributed by atoms with Crippen molar-refractivity contribution < 1.29 is 9.18 Å². The van der Waals surface area contributed by atoms with E-state index in [1.54, 1.807) is 24.5 Å². The summed E-state index contributed by atoms with van der Waals surface area (Å²) in [5.41, 5.74) is 8.04. The quantitative estimate of drug-likeness (QED) is 0.324. The Morgan fingerprint density at radius 1 is 0.917 bits per heavy atom. The number of aromatic nitrogens is 3. The number of imidazole rings is 1. The molecular formula is C30H27FN4O. The molecule has 0 bridgehead atoms. The summed E-state index contributed by atoms with van der Waals surface area (Å²) in [7, 11) is 0. The van der Waals surface area contributed by atoms with Gasteiger partial charge in [-0.05, 0) is 84.1 Å². The van der Waals surface area contributed by atoms with E-state index >= 15 is 0 Å². The van der Waals surface area contributed by atoms with Gasteiger partial charge in [0.1, 0.15) is 11.6 Å². The summed E-state index contributed by atoms with van der Waals surface area (Å²) in [5.74, 6) is 0.546. The third-order valence-corrected chi connectivity index (χ3v) is 6.45. The van der Waals surface area contributed by atoms with Crippen LogP contribution >= 0.6 is 0 Å². The van der Waals surface area contributed by atoms with Crippen LogP contribution in [0.2, 0.25) is 0 Å². The van der Waals surface area contributed by atoms with Crippen molar-refractivity contribution in [2.75, 3.05) is 0 Å². The molecule has 0 aliphatic heterocycles. The lowest BCUT2D eigenvalue weighted by Crippen LogP contribution is -2.22. The number of nitrogens with zero attached hydrogens (tertiary/aromatic N) is 3. The predicted molar refractivity (Wildman–Crippen MR) is 139 cm³/mol. The molecule has 5 nitrogen and oxygen atoms in total. The molecule has 0 radical (unpaired) electrons. The largest absolute Gasteiger partial charge is 0.348 e. The average molecular weight is 479 g/mol. The first-order valence-electron chi connectivity index (χ1n) is 11.9. The van der Waals surface area contributed by atoms with Crippen molar-refractivity contribution in [3.8, 4) is 0 Å². The van der Waals surface area contributed by atoms with Crippen LogP contribution in [0.25, 0.3) is 11.0 Å². The Morgan fingerprint density at radius 2 is 1.64 bits per heavy atom. The standard InChI is InChI=1S/C30H27FN4O/c1-20-14-27-28(15-21(20)2)35(29(34-27)16-22-7-11-26(31)12-8-22)19-23-5-9-25(10-6-23)30(36)33-18-24-4-3-13-32-17-24/h3-15,17H,16,18-19H2,1-2H3,(H,33,36). The Hall–Kier alpha value is -4.32. The van der Waals surface area contributed by atoms with Crippen LogP contribution < -0.4 is 5.32 Å². The summed E-state index contributed by atoms with van der Waals surface area (Å²) in [4.78, 5) is 21.6. The minimum atomic E-state index is -0.247. The molecule has 180 valence electrons. The number of aryl methyl sites for hydroxylation is 2. The molecule has 36 heavy (non-hydrogen) atoms. The highest BCUT2D eigenvalue weighted by atomic mass is 19.1. The maximum Gasteiger partial charge on any atom is 0.251 e. The summed E-state index contributed by atoms with van der Waals surface area (Å²) in [6.07, 6.45) is 4.05. The number of carbonyl (C=O) groups is 1. The van der Waals surface area contributed by atoms with Gasteiger partial charge in [0.15, 0.2) is 0 Å². The fourth-order valence-corrected chi connectivity index (χ4v) is 4.26. The van der Waals surface area contributed by atoms with Gasteiger partial charge in [0.05, 0.1) is 11.0 Å². The minimum Gasteiger partial charge on any atom is -0.348 e. The lowest BCUT2D eigenvalue weighted by atomic mass is 10.1. The predicted octanol–water partition coefficient (Wildman–Crippen LogP) is 5.76. The summed E-state index contributed by atoms with van der Waals surface area (Å²) < 4.78 is 15.6. The fraction of sp³-hybridized carbons (Fsp3) is 0.167. The molecule has 0 aliphatic rings. The maximum atomic E-state index is 13.4. The first kappa shape index (κ1) is 23.4. The van der Waals surface area contributed by atoms with Gasteiger partial charge < -0.3 is 9.88 Å². The summed E-state index contributed by atoms with van der Waals surface area (Å²) in [6.45, 7) is 5.24. The summed E-state index contributed by atoms with van der Waals surface area (Å²) >= 11 is 0. The van der Waals surface area contributed by atoms with E-state index in [-0.39, 0.29) is 11.7 Å². The summed E-state index contributed by atoms with van der Waals surface area (Å²) in [6, 6.07) is 22.3. The SMILES string of the molecule is Cc1cc2nc(Cc3ccc(F)cc3)n(Cc3ccc(C(=O)NCc4cccnc4)cc3)c2cc1C. The zero-order valence-electron chi connectivity index (χ0n) is 20.3. The number of amides is 1. The third kappa shape index (κ3) is 5.18. The van der Waals surface area contributed by atoms with Crippen LogP contribution in [0.15, 0.2) is 85.2 Å². The Morgan fingerprint density at radius 3 is 2.36 bits per heavy atom. The van der Waals surface area contributed by atoms with Crippen molar-refractivity contribution in [1.82, 2.24) is 19.9 Å². The number of fused-ring (bicyclic) bond motifs is 1. The van der Waals surface area contributed by atoms with Crippen LogP contribution in [0, 0.1) is 19.7 Å². The zero-order chi connectivity index (χ0) is 25.1. The van der Waals surface area contributed by atoms with Gasteiger partial charge in [-0.1, -0.05) is 30.3 Å². The minimum absolute atomic E-state index is 0.124. The molecule has 5 rings (SSSR count). The Balaban J connectivity index is 1.39. The van der Waals surface area contributed by atoms with E-state index in [2.05, 4.69) is 40.8 Å². The van der Waals surface area contributed by atoms with Crippen molar-refractivity contribution in [2.24, 2.45) is 0 Å². The zero-order valence-corrected chi connectivity index (χ0v) is 20.3. The monoisotopic (exact) mass is 478 g/mol. The lowest BCUT2D eigenvalue weighted by molar-refractivity contribution is 0.0951. The van der Waals surface area contributed by atoms with E-state index in [4.69, 9.17) is 4.98 Å². The molecule has 1 N–H and O–H groups in total. The first-order valence-corrected chi connectivity index (χ1v) is 11.9. The molecule has 1 amide bonds. The fourth-order valence-electron chi connectivity index (χ4n) is 4.26. The number of nitrogens with one attached hydrogen (secondary N) is 1. The number of hydrogen-bond acceptors (Lipinski definition) is 3.